The predicted octanol–water partition coefficient (Wildman–Crippen LogP) is 5.05. The number of halogens is 4. The Morgan fingerprint density at radius 1 is 0.971 bits per heavy atom. The third-order valence-electron chi connectivity index (χ3n) is 6.12. The zero-order chi connectivity index (χ0) is 24.6. The second-order valence-corrected chi connectivity index (χ2v) is 8.84. The van der Waals surface area contributed by atoms with Crippen LogP contribution in [0.2, 0.25) is 5.02 Å². The lowest BCUT2D eigenvalue weighted by atomic mass is 10.1. The lowest BCUT2D eigenvalue weighted by molar-refractivity contribution is -0.141. The second kappa shape index (κ2) is 9.31. The molecule has 0 spiro atoms. The summed E-state index contributed by atoms with van der Waals surface area (Å²) in [6.07, 6.45) is 2.05. The topological polar surface area (TPSA) is 54.3 Å². The highest BCUT2D eigenvalue weighted by atomic mass is 35.5. The number of carbonyl (C=O) groups excluding carboxylic acids is 1. The maximum atomic E-state index is 13.4. The Kier molecular flexibility index (Phi) is 6.21. The van der Waals surface area contributed by atoms with E-state index in [-0.39, 0.29) is 5.91 Å². The van der Waals surface area contributed by atoms with Gasteiger partial charge in [-0.3, -0.25) is 19.7 Å². The van der Waals surface area contributed by atoms with Gasteiger partial charge < -0.3 is 9.47 Å². The number of rotatable bonds is 4. The minimum absolute atomic E-state index is 0.0650. The van der Waals surface area contributed by atoms with Crippen LogP contribution in [0.15, 0.2) is 67.3 Å². The Balaban J connectivity index is 1.29. The highest BCUT2D eigenvalue weighted by Crippen LogP contribution is 2.28. The highest BCUT2D eigenvalue weighted by molar-refractivity contribution is 6.30. The monoisotopic (exact) mass is 499 g/mol. The molecule has 5 rings (SSSR count). The molecule has 4 aromatic rings. The summed E-state index contributed by atoms with van der Waals surface area (Å²) in [5.74, 6) is -0.0650. The van der Waals surface area contributed by atoms with Crippen molar-refractivity contribution in [3.05, 3.63) is 89.1 Å². The van der Waals surface area contributed by atoms with E-state index in [0.717, 1.165) is 22.7 Å². The molecule has 0 bridgehead atoms. The minimum Gasteiger partial charge on any atom is -0.336 e. The van der Waals surface area contributed by atoms with Crippen molar-refractivity contribution in [2.24, 2.45) is 0 Å². The number of aromatic nitrogens is 3. The van der Waals surface area contributed by atoms with Gasteiger partial charge in [-0.25, -0.2) is 0 Å². The normalized spacial score (nSPS) is 15.0. The molecule has 1 fully saturated rings. The Morgan fingerprint density at radius 2 is 1.71 bits per heavy atom. The fourth-order valence-corrected chi connectivity index (χ4v) is 4.41. The van der Waals surface area contributed by atoms with Gasteiger partial charge in [-0.15, -0.1) is 0 Å². The summed E-state index contributed by atoms with van der Waals surface area (Å²) in [7, 11) is 0. The number of amides is 1. The molecule has 0 saturated carbocycles. The summed E-state index contributed by atoms with van der Waals surface area (Å²) in [6.45, 7) is 2.75. The molecule has 180 valence electrons. The number of fused-ring (bicyclic) bond motifs is 1. The lowest BCUT2D eigenvalue weighted by Gasteiger charge is -2.34. The van der Waals surface area contributed by atoms with Crippen LogP contribution in [0, 0.1) is 0 Å². The molecule has 1 amide bonds. The standard InChI is InChI=1S/C25H21ClF3N5O/c26-18-2-4-19(5-3-18)34-16-21(20-7-8-30-14-22(20)34)24(35)33-11-9-32(10-12-33)15-17-1-6-23(31-13-17)25(27,28)29/h1-8,13-14,16H,9-12,15H2. The van der Waals surface area contributed by atoms with Crippen molar-refractivity contribution in [3.63, 3.8) is 0 Å². The van der Waals surface area contributed by atoms with Gasteiger partial charge in [0.2, 0.25) is 0 Å². The fourth-order valence-electron chi connectivity index (χ4n) is 4.28. The molecule has 1 aromatic carbocycles. The molecule has 1 aliphatic rings. The molecule has 35 heavy (non-hydrogen) atoms. The molecule has 4 heterocycles. The second-order valence-electron chi connectivity index (χ2n) is 8.40. The van der Waals surface area contributed by atoms with E-state index in [1.807, 2.05) is 33.9 Å². The molecule has 0 atom stereocenters. The number of piperazine rings is 1. The van der Waals surface area contributed by atoms with Crippen molar-refractivity contribution >= 4 is 28.4 Å². The molecule has 0 unspecified atom stereocenters. The van der Waals surface area contributed by atoms with E-state index < -0.39 is 11.9 Å². The van der Waals surface area contributed by atoms with E-state index in [2.05, 4.69) is 14.9 Å². The Hall–Kier alpha value is -3.43. The number of pyridine rings is 2. The van der Waals surface area contributed by atoms with Crippen molar-refractivity contribution < 1.29 is 18.0 Å². The lowest BCUT2D eigenvalue weighted by Crippen LogP contribution is -2.48. The molecular formula is C25H21ClF3N5O. The molecule has 10 heteroatoms. The van der Waals surface area contributed by atoms with Gasteiger partial charge >= 0.3 is 6.18 Å². The van der Waals surface area contributed by atoms with Crippen LogP contribution < -0.4 is 0 Å². The van der Waals surface area contributed by atoms with Gasteiger partial charge in [0.1, 0.15) is 5.69 Å². The van der Waals surface area contributed by atoms with Gasteiger partial charge in [0.05, 0.1) is 17.3 Å². The maximum absolute atomic E-state index is 13.4. The average molecular weight is 500 g/mol. The Bertz CT molecular complexity index is 1340. The number of carbonyl (C=O) groups is 1. The van der Waals surface area contributed by atoms with E-state index in [1.54, 1.807) is 24.5 Å². The zero-order valence-corrected chi connectivity index (χ0v) is 19.3. The van der Waals surface area contributed by atoms with Crippen molar-refractivity contribution in [3.8, 4) is 5.69 Å². The van der Waals surface area contributed by atoms with Crippen molar-refractivity contribution in [2.75, 3.05) is 26.2 Å². The van der Waals surface area contributed by atoms with Crippen LogP contribution in [0.3, 0.4) is 0 Å². The first kappa shape index (κ1) is 23.3. The summed E-state index contributed by atoms with van der Waals surface area (Å²) in [4.78, 5) is 25.1. The van der Waals surface area contributed by atoms with Crippen LogP contribution in [0.5, 0.6) is 0 Å². The first-order chi connectivity index (χ1) is 16.8. The van der Waals surface area contributed by atoms with Crippen LogP contribution in [0.4, 0.5) is 13.2 Å². The zero-order valence-electron chi connectivity index (χ0n) is 18.5. The van der Waals surface area contributed by atoms with Gasteiger partial charge in [-0.2, -0.15) is 13.2 Å². The molecule has 0 N–H and O–H groups in total. The molecule has 6 nitrogen and oxygen atoms in total. The quantitative estimate of drug-likeness (QED) is 0.394. The third-order valence-corrected chi connectivity index (χ3v) is 6.38. The van der Waals surface area contributed by atoms with E-state index in [0.29, 0.717) is 48.9 Å². The molecule has 0 aliphatic carbocycles. The molecule has 1 saturated heterocycles. The Morgan fingerprint density at radius 3 is 2.37 bits per heavy atom. The van der Waals surface area contributed by atoms with Crippen molar-refractivity contribution in [1.82, 2.24) is 24.3 Å². The summed E-state index contributed by atoms with van der Waals surface area (Å²) >= 11 is 6.03. The van der Waals surface area contributed by atoms with Crippen molar-refractivity contribution in [1.29, 1.82) is 0 Å². The van der Waals surface area contributed by atoms with Gasteiger partial charge in [0, 0.05) is 67.4 Å². The average Bonchev–Trinajstić information content (AvgIpc) is 3.24. The Labute approximate surface area is 204 Å². The van der Waals surface area contributed by atoms with E-state index in [4.69, 9.17) is 11.6 Å². The number of nitrogens with zero attached hydrogens (tertiary/aromatic N) is 5. The van der Waals surface area contributed by atoms with Crippen LogP contribution in [-0.4, -0.2) is 56.4 Å². The van der Waals surface area contributed by atoms with Crippen LogP contribution in [-0.2, 0) is 12.7 Å². The number of benzene rings is 1. The summed E-state index contributed by atoms with van der Waals surface area (Å²) in [5.41, 5.74) is 2.10. The van der Waals surface area contributed by atoms with Gasteiger partial charge in [0.25, 0.3) is 5.91 Å². The van der Waals surface area contributed by atoms with Crippen LogP contribution in [0.1, 0.15) is 21.6 Å². The summed E-state index contributed by atoms with van der Waals surface area (Å²) in [6, 6.07) is 11.7. The minimum atomic E-state index is -4.45. The molecule has 1 aliphatic heterocycles. The highest BCUT2D eigenvalue weighted by Gasteiger charge is 2.32. The number of hydrogen-bond acceptors (Lipinski definition) is 4. The SMILES string of the molecule is O=C(c1cn(-c2ccc(Cl)cc2)c2cnccc12)N1CCN(Cc2ccc(C(F)(F)F)nc2)CC1. The largest absolute Gasteiger partial charge is 0.433 e. The smallest absolute Gasteiger partial charge is 0.336 e. The van der Waals surface area contributed by atoms with Gasteiger partial charge in [-0.1, -0.05) is 17.7 Å². The first-order valence-corrected chi connectivity index (χ1v) is 11.4. The number of alkyl halides is 3. The third kappa shape index (κ3) is 4.87. The summed E-state index contributed by atoms with van der Waals surface area (Å²) in [5, 5.41) is 1.45. The van der Waals surface area contributed by atoms with Gasteiger partial charge in [-0.05, 0) is 42.0 Å². The van der Waals surface area contributed by atoms with Crippen LogP contribution in [0.25, 0.3) is 16.6 Å². The van der Waals surface area contributed by atoms with Crippen molar-refractivity contribution in [2.45, 2.75) is 12.7 Å². The van der Waals surface area contributed by atoms with Crippen LogP contribution >= 0.6 is 11.6 Å². The number of hydrogen-bond donors (Lipinski definition) is 0. The molecule has 3 aromatic heterocycles. The van der Waals surface area contributed by atoms with Gasteiger partial charge in [0.15, 0.2) is 0 Å². The maximum Gasteiger partial charge on any atom is 0.433 e. The molecular weight excluding hydrogens is 479 g/mol. The first-order valence-electron chi connectivity index (χ1n) is 11.0. The van der Waals surface area contributed by atoms with E-state index in [1.165, 1.54) is 12.3 Å². The van der Waals surface area contributed by atoms with E-state index >= 15 is 0 Å². The predicted molar refractivity (Wildman–Crippen MR) is 126 cm³/mol. The summed E-state index contributed by atoms with van der Waals surface area (Å²) < 4.78 is 40.1. The fraction of sp³-hybridized carbons (Fsp3) is 0.240. The van der Waals surface area contributed by atoms with E-state index in [9.17, 15) is 18.0 Å². The molecule has 0 radical (unpaired) electrons.